The van der Waals surface area contributed by atoms with E-state index in [-0.39, 0.29) is 22.0 Å². The summed E-state index contributed by atoms with van der Waals surface area (Å²) in [6.07, 6.45) is 4.49. The second-order valence-corrected chi connectivity index (χ2v) is 10.2. The summed E-state index contributed by atoms with van der Waals surface area (Å²) in [5.41, 5.74) is 1.32. The number of anilines is 1. The van der Waals surface area contributed by atoms with Crippen LogP contribution in [-0.2, 0) is 10.0 Å². The Labute approximate surface area is 195 Å². The molecule has 0 bridgehead atoms. The number of nitrogens with one attached hydrogen (secondary N) is 2. The zero-order valence-electron chi connectivity index (χ0n) is 16.8. The van der Waals surface area contributed by atoms with E-state index in [0.29, 0.717) is 17.9 Å². The molecule has 4 rings (SSSR count). The van der Waals surface area contributed by atoms with E-state index in [1.807, 2.05) is 24.3 Å². The summed E-state index contributed by atoms with van der Waals surface area (Å²) in [5.74, 6) is 0. The van der Waals surface area contributed by atoms with Gasteiger partial charge in [0, 0.05) is 40.4 Å². The van der Waals surface area contributed by atoms with Gasteiger partial charge in [0.1, 0.15) is 9.92 Å². The van der Waals surface area contributed by atoms with E-state index in [2.05, 4.69) is 15.0 Å². The molecule has 3 aromatic rings. The normalized spacial score (nSPS) is 19.1. The van der Waals surface area contributed by atoms with Crippen molar-refractivity contribution in [2.24, 2.45) is 0 Å². The number of benzene rings is 2. The van der Waals surface area contributed by atoms with E-state index >= 15 is 0 Å². The second kappa shape index (κ2) is 9.19. The van der Waals surface area contributed by atoms with Crippen molar-refractivity contribution in [1.29, 1.82) is 0 Å². The van der Waals surface area contributed by atoms with Gasteiger partial charge in [-0.25, -0.2) is 13.1 Å². The maximum absolute atomic E-state index is 12.8. The lowest BCUT2D eigenvalue weighted by Crippen LogP contribution is -2.40. The third kappa shape index (κ3) is 4.80. The lowest BCUT2D eigenvalue weighted by Gasteiger charge is -2.30. The molecule has 0 aliphatic heterocycles. The molecule has 2 aromatic carbocycles. The number of hydrogen-bond acceptors (Lipinski definition) is 6. The molecule has 0 saturated heterocycles. The Hall–Kier alpha value is -2.46. The maximum Gasteiger partial charge on any atom is 0.289 e. The van der Waals surface area contributed by atoms with Crippen LogP contribution in [0.4, 0.5) is 11.4 Å². The van der Waals surface area contributed by atoms with Crippen molar-refractivity contribution in [3.63, 3.8) is 0 Å². The second-order valence-electron chi connectivity index (χ2n) is 7.68. The molecule has 0 atom stereocenters. The summed E-state index contributed by atoms with van der Waals surface area (Å²) < 4.78 is 28.2. The van der Waals surface area contributed by atoms with Gasteiger partial charge in [-0.05, 0) is 56.0 Å². The number of nitrogens with zero attached hydrogens (tertiary/aromatic N) is 2. The number of hydrogen-bond donors (Lipinski definition) is 2. The first-order valence-electron chi connectivity index (χ1n) is 10.0. The van der Waals surface area contributed by atoms with Crippen molar-refractivity contribution in [1.82, 2.24) is 9.71 Å². The van der Waals surface area contributed by atoms with Gasteiger partial charge >= 0.3 is 0 Å². The molecule has 1 aliphatic carbocycles. The van der Waals surface area contributed by atoms with Gasteiger partial charge in [-0.1, -0.05) is 29.3 Å². The van der Waals surface area contributed by atoms with E-state index in [1.54, 1.807) is 6.20 Å². The predicted octanol–water partition coefficient (Wildman–Crippen LogP) is 5.15. The molecule has 0 radical (unpaired) electrons. The Balaban J connectivity index is 1.42. The van der Waals surface area contributed by atoms with Crippen LogP contribution in [0.3, 0.4) is 0 Å². The summed E-state index contributed by atoms with van der Waals surface area (Å²) >= 11 is 12.0. The standard InChI is InChI=1S/C21H20Cl2N4O4S/c22-13-4-9-16-17(10-11-24-18(16)12-13)25-14-5-7-15(8-6-14)26-32(30,31)20-3-1-2-19(21(20)23)27(28)29/h1-4,9-12,14-15,26H,5-8H2,(H,24,25). The number of fused-ring (bicyclic) bond motifs is 1. The highest BCUT2D eigenvalue weighted by molar-refractivity contribution is 7.89. The molecule has 2 N–H and O–H groups in total. The number of sulfonamides is 1. The third-order valence-corrected chi connectivity index (χ3v) is 7.85. The average molecular weight is 495 g/mol. The molecule has 1 heterocycles. The molecular formula is C21H20Cl2N4O4S. The van der Waals surface area contributed by atoms with Crippen molar-refractivity contribution in [2.45, 2.75) is 42.7 Å². The fourth-order valence-electron chi connectivity index (χ4n) is 3.95. The van der Waals surface area contributed by atoms with Gasteiger partial charge in [-0.15, -0.1) is 0 Å². The number of aromatic nitrogens is 1. The summed E-state index contributed by atoms with van der Waals surface area (Å²) in [5, 5.41) is 15.8. The Kier molecular flexibility index (Phi) is 6.52. The van der Waals surface area contributed by atoms with Crippen LogP contribution in [-0.4, -0.2) is 30.4 Å². The minimum Gasteiger partial charge on any atom is -0.382 e. The van der Waals surface area contributed by atoms with Crippen LogP contribution in [0.2, 0.25) is 10.0 Å². The van der Waals surface area contributed by atoms with Crippen LogP contribution in [0, 0.1) is 10.1 Å². The first-order chi connectivity index (χ1) is 15.2. The van der Waals surface area contributed by atoms with E-state index in [1.165, 1.54) is 18.2 Å². The van der Waals surface area contributed by atoms with Gasteiger partial charge in [0.2, 0.25) is 10.0 Å². The summed E-state index contributed by atoms with van der Waals surface area (Å²) in [7, 11) is -3.98. The van der Waals surface area contributed by atoms with Crippen molar-refractivity contribution < 1.29 is 13.3 Å². The lowest BCUT2D eigenvalue weighted by atomic mass is 9.91. The first kappa shape index (κ1) is 22.7. The van der Waals surface area contributed by atoms with Gasteiger partial charge in [0.25, 0.3) is 5.69 Å². The number of rotatable bonds is 6. The molecule has 1 saturated carbocycles. The Morgan fingerprint density at radius 1 is 1.03 bits per heavy atom. The molecule has 0 amide bonds. The smallest absolute Gasteiger partial charge is 0.289 e. The molecule has 0 unspecified atom stereocenters. The maximum atomic E-state index is 12.8. The highest BCUT2D eigenvalue weighted by atomic mass is 35.5. The minimum absolute atomic E-state index is 0.179. The summed E-state index contributed by atoms with van der Waals surface area (Å²) in [6, 6.07) is 11.1. The van der Waals surface area contributed by atoms with Crippen molar-refractivity contribution in [3.05, 3.63) is 68.8 Å². The van der Waals surface area contributed by atoms with Gasteiger partial charge in [0.05, 0.1) is 10.4 Å². The van der Waals surface area contributed by atoms with Crippen molar-refractivity contribution in [2.75, 3.05) is 5.32 Å². The highest BCUT2D eigenvalue weighted by Crippen LogP contribution is 2.32. The van der Waals surface area contributed by atoms with Crippen molar-refractivity contribution >= 4 is 55.5 Å². The van der Waals surface area contributed by atoms with Gasteiger partial charge in [-0.2, -0.15) is 0 Å². The van der Waals surface area contributed by atoms with Crippen LogP contribution >= 0.6 is 23.2 Å². The summed E-state index contributed by atoms with van der Waals surface area (Å²) in [4.78, 5) is 14.4. The Morgan fingerprint density at radius 3 is 2.47 bits per heavy atom. The van der Waals surface area contributed by atoms with Gasteiger partial charge in [-0.3, -0.25) is 15.1 Å². The molecule has 11 heteroatoms. The lowest BCUT2D eigenvalue weighted by molar-refractivity contribution is -0.384. The van der Waals surface area contributed by atoms with E-state index in [0.717, 1.165) is 29.4 Å². The zero-order chi connectivity index (χ0) is 22.9. The number of halogens is 2. The molecule has 1 aliphatic rings. The molecule has 32 heavy (non-hydrogen) atoms. The van der Waals surface area contributed by atoms with Crippen LogP contribution in [0.1, 0.15) is 25.7 Å². The number of nitro benzene ring substituents is 1. The van der Waals surface area contributed by atoms with Crippen molar-refractivity contribution in [3.8, 4) is 0 Å². The zero-order valence-corrected chi connectivity index (χ0v) is 19.1. The Bertz CT molecular complexity index is 1280. The molecular weight excluding hydrogens is 475 g/mol. The SMILES string of the molecule is O=[N+]([O-])c1cccc(S(=O)(=O)NC2CCC(Nc3ccnc4cc(Cl)ccc34)CC2)c1Cl. The van der Waals surface area contributed by atoms with Gasteiger partial charge < -0.3 is 5.32 Å². The van der Waals surface area contributed by atoms with Crippen LogP contribution < -0.4 is 10.0 Å². The first-order valence-corrected chi connectivity index (χ1v) is 12.2. The highest BCUT2D eigenvalue weighted by Gasteiger charge is 2.29. The molecule has 168 valence electrons. The molecule has 1 aromatic heterocycles. The molecule has 8 nitrogen and oxygen atoms in total. The Morgan fingerprint density at radius 2 is 1.75 bits per heavy atom. The van der Waals surface area contributed by atoms with Crippen LogP contribution in [0.15, 0.2) is 53.6 Å². The minimum atomic E-state index is -3.98. The fourth-order valence-corrected chi connectivity index (χ4v) is 6.02. The number of nitro groups is 1. The average Bonchev–Trinajstić information content (AvgIpc) is 2.74. The van der Waals surface area contributed by atoms with E-state index in [4.69, 9.17) is 23.2 Å². The third-order valence-electron chi connectivity index (χ3n) is 5.54. The fraction of sp³-hybridized carbons (Fsp3) is 0.286. The monoisotopic (exact) mass is 494 g/mol. The number of pyridine rings is 1. The van der Waals surface area contributed by atoms with Crippen LogP contribution in [0.25, 0.3) is 10.9 Å². The topological polar surface area (TPSA) is 114 Å². The summed E-state index contributed by atoms with van der Waals surface area (Å²) in [6.45, 7) is 0. The predicted molar refractivity (Wildman–Crippen MR) is 125 cm³/mol. The molecule has 0 spiro atoms. The van der Waals surface area contributed by atoms with E-state index in [9.17, 15) is 18.5 Å². The van der Waals surface area contributed by atoms with Crippen LogP contribution in [0.5, 0.6) is 0 Å². The largest absolute Gasteiger partial charge is 0.382 e. The van der Waals surface area contributed by atoms with E-state index < -0.39 is 20.6 Å². The quantitative estimate of drug-likeness (QED) is 0.361. The van der Waals surface area contributed by atoms with Gasteiger partial charge in [0.15, 0.2) is 0 Å². The molecule has 1 fully saturated rings.